The second kappa shape index (κ2) is 9.55. The standard InChI is InChI=1S/C17H14F3NO3S.C2H6/c18-17(19,20)25(22)24-15-8-4-7-13-9-16(21-10-14(13)15)23-11-12-5-2-1-3-6-12;1-2/h1-3,5-6,8-10H,4,7,11H2;1-2H3. The van der Waals surface area contributed by atoms with E-state index in [-0.39, 0.29) is 5.76 Å². The van der Waals surface area contributed by atoms with E-state index in [9.17, 15) is 17.4 Å². The van der Waals surface area contributed by atoms with Crippen molar-refractivity contribution >= 4 is 16.8 Å². The molecule has 0 aliphatic heterocycles. The molecule has 0 saturated heterocycles. The Morgan fingerprint density at radius 3 is 2.56 bits per heavy atom. The molecule has 1 heterocycles. The Balaban J connectivity index is 0.00000126. The van der Waals surface area contributed by atoms with Crippen molar-refractivity contribution in [2.24, 2.45) is 0 Å². The molecule has 27 heavy (non-hydrogen) atoms. The highest BCUT2D eigenvalue weighted by Gasteiger charge is 2.40. The molecular weight excluding hydrogens is 379 g/mol. The first-order chi connectivity index (χ1) is 12.9. The summed E-state index contributed by atoms with van der Waals surface area (Å²) < 4.78 is 58.6. The highest BCUT2D eigenvalue weighted by atomic mass is 32.2. The Morgan fingerprint density at radius 1 is 1.19 bits per heavy atom. The van der Waals surface area contributed by atoms with E-state index in [4.69, 9.17) is 4.74 Å². The first-order valence-corrected chi connectivity index (χ1v) is 9.54. The Hall–Kier alpha value is -2.35. The summed E-state index contributed by atoms with van der Waals surface area (Å²) >= 11 is -3.40. The van der Waals surface area contributed by atoms with Crippen molar-refractivity contribution in [3.63, 3.8) is 0 Å². The average molecular weight is 399 g/mol. The fourth-order valence-electron chi connectivity index (χ4n) is 2.39. The van der Waals surface area contributed by atoms with Crippen LogP contribution in [-0.4, -0.2) is 14.7 Å². The molecule has 1 aliphatic carbocycles. The molecule has 1 aromatic heterocycles. The fourth-order valence-corrected chi connectivity index (χ4v) is 2.81. The van der Waals surface area contributed by atoms with Crippen LogP contribution in [0.2, 0.25) is 0 Å². The number of aryl methyl sites for hydroxylation is 1. The predicted octanol–water partition coefficient (Wildman–Crippen LogP) is 5.17. The number of nitrogens with zero attached hydrogens (tertiary/aromatic N) is 1. The largest absolute Gasteiger partial charge is 0.508 e. The normalized spacial score (nSPS) is 14.2. The molecule has 1 aliphatic rings. The van der Waals surface area contributed by atoms with E-state index in [0.717, 1.165) is 11.1 Å². The van der Waals surface area contributed by atoms with Crippen molar-refractivity contribution in [1.82, 2.24) is 4.98 Å². The quantitative estimate of drug-likeness (QED) is 0.696. The number of halogens is 3. The zero-order valence-corrected chi connectivity index (χ0v) is 15.8. The van der Waals surface area contributed by atoms with Gasteiger partial charge in [-0.3, -0.25) is 0 Å². The van der Waals surface area contributed by atoms with E-state index in [1.165, 1.54) is 12.3 Å². The lowest BCUT2D eigenvalue weighted by molar-refractivity contribution is -0.0445. The minimum Gasteiger partial charge on any atom is -0.473 e. The molecule has 3 rings (SSSR count). The topological polar surface area (TPSA) is 48.4 Å². The van der Waals surface area contributed by atoms with Crippen LogP contribution >= 0.6 is 0 Å². The monoisotopic (exact) mass is 399 g/mol. The third-order valence-electron chi connectivity index (χ3n) is 3.56. The van der Waals surface area contributed by atoms with Crippen LogP contribution in [0.5, 0.6) is 5.88 Å². The van der Waals surface area contributed by atoms with Crippen LogP contribution in [-0.2, 0) is 28.3 Å². The number of benzene rings is 1. The molecule has 146 valence electrons. The Labute approximate surface area is 158 Å². The molecule has 0 radical (unpaired) electrons. The molecule has 2 aromatic rings. The molecule has 8 heteroatoms. The van der Waals surface area contributed by atoms with Crippen molar-refractivity contribution in [3.8, 4) is 5.88 Å². The van der Waals surface area contributed by atoms with Crippen LogP contribution in [0, 0.1) is 0 Å². The van der Waals surface area contributed by atoms with Gasteiger partial charge >= 0.3 is 16.6 Å². The van der Waals surface area contributed by atoms with Gasteiger partial charge in [-0.25, -0.2) is 9.19 Å². The minimum atomic E-state index is -4.93. The van der Waals surface area contributed by atoms with E-state index < -0.39 is 16.6 Å². The molecule has 0 N–H and O–H groups in total. The van der Waals surface area contributed by atoms with Gasteiger partial charge in [-0.1, -0.05) is 44.2 Å². The number of fused-ring (bicyclic) bond motifs is 1. The van der Waals surface area contributed by atoms with Gasteiger partial charge in [0.1, 0.15) is 12.4 Å². The maximum Gasteiger partial charge on any atom is 0.508 e. The smallest absolute Gasteiger partial charge is 0.473 e. The number of alkyl halides is 3. The van der Waals surface area contributed by atoms with E-state index in [0.29, 0.717) is 30.9 Å². The Bertz CT molecular complexity index is 808. The van der Waals surface area contributed by atoms with Gasteiger partial charge in [-0.2, -0.15) is 13.2 Å². The molecule has 1 aromatic carbocycles. The van der Waals surface area contributed by atoms with Gasteiger partial charge in [0.25, 0.3) is 0 Å². The fraction of sp³-hybridized carbons (Fsp3) is 0.316. The van der Waals surface area contributed by atoms with Crippen LogP contribution < -0.4 is 4.74 Å². The van der Waals surface area contributed by atoms with Gasteiger partial charge in [0, 0.05) is 17.8 Å². The lowest BCUT2D eigenvalue weighted by Crippen LogP contribution is -2.19. The average Bonchev–Trinajstić information content (AvgIpc) is 2.68. The predicted molar refractivity (Wildman–Crippen MR) is 97.9 cm³/mol. The van der Waals surface area contributed by atoms with Crippen LogP contribution in [0.3, 0.4) is 0 Å². The molecular formula is C19H20F3NO3S. The number of allylic oxidation sites excluding steroid dienone is 1. The van der Waals surface area contributed by atoms with Crippen LogP contribution in [0.1, 0.15) is 37.0 Å². The number of hydrogen-bond acceptors (Lipinski definition) is 4. The van der Waals surface area contributed by atoms with Gasteiger partial charge in [0.15, 0.2) is 0 Å². The summed E-state index contributed by atoms with van der Waals surface area (Å²) in [6.07, 6.45) is 3.97. The van der Waals surface area contributed by atoms with Crippen LogP contribution in [0.15, 0.2) is 48.7 Å². The molecule has 0 bridgehead atoms. The zero-order valence-electron chi connectivity index (χ0n) is 15.0. The first kappa shape index (κ1) is 21.0. The Morgan fingerprint density at radius 2 is 1.89 bits per heavy atom. The molecule has 1 unspecified atom stereocenters. The lowest BCUT2D eigenvalue weighted by atomic mass is 9.98. The summed E-state index contributed by atoms with van der Waals surface area (Å²) in [5, 5.41) is 0. The number of hydrogen-bond donors (Lipinski definition) is 0. The molecule has 0 spiro atoms. The van der Waals surface area contributed by atoms with Crippen molar-refractivity contribution in [1.29, 1.82) is 0 Å². The summed E-state index contributed by atoms with van der Waals surface area (Å²) in [6.45, 7) is 4.34. The summed E-state index contributed by atoms with van der Waals surface area (Å²) in [4.78, 5) is 4.10. The number of aromatic nitrogens is 1. The van der Waals surface area contributed by atoms with Crippen molar-refractivity contribution in [3.05, 3.63) is 65.4 Å². The Kier molecular flexibility index (Phi) is 7.41. The molecule has 0 amide bonds. The number of ether oxygens (including phenoxy) is 1. The van der Waals surface area contributed by atoms with E-state index in [2.05, 4.69) is 9.17 Å². The number of pyridine rings is 1. The minimum absolute atomic E-state index is 0.0704. The molecule has 4 nitrogen and oxygen atoms in total. The number of rotatable bonds is 5. The van der Waals surface area contributed by atoms with Gasteiger partial charge in [0.2, 0.25) is 5.88 Å². The first-order valence-electron chi connectivity index (χ1n) is 8.46. The van der Waals surface area contributed by atoms with E-state index in [1.54, 1.807) is 6.07 Å². The maximum atomic E-state index is 12.4. The van der Waals surface area contributed by atoms with Gasteiger partial charge in [-0.15, -0.1) is 0 Å². The van der Waals surface area contributed by atoms with Gasteiger partial charge < -0.3 is 8.92 Å². The summed E-state index contributed by atoms with van der Waals surface area (Å²) in [5.74, 6) is 0.305. The second-order valence-corrected chi connectivity index (χ2v) is 6.42. The maximum absolute atomic E-state index is 12.4. The van der Waals surface area contributed by atoms with Crippen molar-refractivity contribution in [2.75, 3.05) is 0 Å². The molecule has 0 fully saturated rings. The zero-order chi connectivity index (χ0) is 19.9. The second-order valence-electron chi connectivity index (χ2n) is 5.32. The SMILES string of the molecule is CC.O=S(OC1=CCCc2cc(OCc3ccccc3)ncc21)C(F)(F)F. The van der Waals surface area contributed by atoms with Crippen LogP contribution in [0.4, 0.5) is 13.2 Å². The van der Waals surface area contributed by atoms with E-state index in [1.807, 2.05) is 44.2 Å². The highest BCUT2D eigenvalue weighted by molar-refractivity contribution is 7.81. The molecule has 1 atom stereocenters. The van der Waals surface area contributed by atoms with Crippen molar-refractivity contribution < 1.29 is 26.3 Å². The highest BCUT2D eigenvalue weighted by Crippen LogP contribution is 2.32. The third kappa shape index (κ3) is 5.82. The summed E-state index contributed by atoms with van der Waals surface area (Å²) in [7, 11) is 0. The molecule has 0 saturated carbocycles. The third-order valence-corrected chi connectivity index (χ3v) is 4.27. The van der Waals surface area contributed by atoms with Gasteiger partial charge in [0.05, 0.1) is 0 Å². The summed E-state index contributed by atoms with van der Waals surface area (Å²) in [5.41, 5.74) is -2.80. The summed E-state index contributed by atoms with van der Waals surface area (Å²) in [6, 6.07) is 11.2. The van der Waals surface area contributed by atoms with E-state index >= 15 is 0 Å². The van der Waals surface area contributed by atoms with Gasteiger partial charge in [-0.05, 0) is 30.0 Å². The van der Waals surface area contributed by atoms with Crippen molar-refractivity contribution in [2.45, 2.75) is 38.8 Å². The lowest BCUT2D eigenvalue weighted by Gasteiger charge is -2.18. The van der Waals surface area contributed by atoms with Crippen LogP contribution in [0.25, 0.3) is 5.76 Å².